The second kappa shape index (κ2) is 11.1. The molecule has 1 atom stereocenters. The minimum atomic E-state index is -0.785. The van der Waals surface area contributed by atoms with Crippen molar-refractivity contribution in [1.29, 1.82) is 0 Å². The number of amides is 1. The van der Waals surface area contributed by atoms with E-state index in [2.05, 4.69) is 10.1 Å². The lowest BCUT2D eigenvalue weighted by atomic mass is 10.1. The lowest BCUT2D eigenvalue weighted by Gasteiger charge is -2.14. The van der Waals surface area contributed by atoms with Crippen molar-refractivity contribution in [2.24, 2.45) is 5.73 Å². The Bertz CT molecular complexity index is 755. The molecule has 0 saturated heterocycles. The van der Waals surface area contributed by atoms with Crippen molar-refractivity contribution in [2.45, 2.75) is 19.1 Å². The van der Waals surface area contributed by atoms with Crippen LogP contribution in [0.25, 0.3) is 0 Å². The summed E-state index contributed by atoms with van der Waals surface area (Å²) in [7, 11) is 2.76. The van der Waals surface area contributed by atoms with E-state index in [1.54, 1.807) is 18.2 Å². The number of nitrogens with two attached hydrogens (primary N) is 1. The summed E-state index contributed by atoms with van der Waals surface area (Å²) in [6, 6.07) is 13.8. The van der Waals surface area contributed by atoms with Gasteiger partial charge >= 0.3 is 12.1 Å². The first kappa shape index (κ1) is 22.3. The highest BCUT2D eigenvalue weighted by atomic mass is 35.5. The molecule has 146 valence electrons. The Balaban J connectivity index is 0.00000364. The Hall–Kier alpha value is -2.77. The van der Waals surface area contributed by atoms with Crippen LogP contribution in [0.4, 0.5) is 4.79 Å². The fourth-order valence-electron chi connectivity index (χ4n) is 2.25. The van der Waals surface area contributed by atoms with E-state index in [4.69, 9.17) is 15.2 Å². The summed E-state index contributed by atoms with van der Waals surface area (Å²) in [6.45, 7) is 0.303. The Morgan fingerprint density at radius 1 is 1.07 bits per heavy atom. The first-order chi connectivity index (χ1) is 12.5. The molecule has 3 N–H and O–H groups in total. The summed E-state index contributed by atoms with van der Waals surface area (Å²) < 4.78 is 15.7. The average Bonchev–Trinajstić information content (AvgIpc) is 2.67. The van der Waals surface area contributed by atoms with Crippen LogP contribution in [0, 0.1) is 0 Å². The molecule has 0 aliphatic carbocycles. The molecule has 0 saturated carbocycles. The molecule has 2 aromatic rings. The lowest BCUT2D eigenvalue weighted by molar-refractivity contribution is -0.142. The van der Waals surface area contributed by atoms with Gasteiger partial charge in [-0.3, -0.25) is 4.79 Å². The molecule has 0 aromatic heterocycles. The standard InChI is InChI=1S/C19H22N2O5.ClH/c1-21-19(23)26-16-9-8-14(10-15(20)18(22)24-2)11-17(16)25-12-13-6-4-3-5-7-13;/h3-9,11,15H,10,12,20H2,1-2H3,(H,21,23);1H/t15-;/m0./s1. The van der Waals surface area contributed by atoms with E-state index in [9.17, 15) is 9.59 Å². The van der Waals surface area contributed by atoms with Crippen molar-refractivity contribution >= 4 is 24.5 Å². The highest BCUT2D eigenvalue weighted by Gasteiger charge is 2.17. The third-order valence-electron chi connectivity index (χ3n) is 3.61. The summed E-state index contributed by atoms with van der Waals surface area (Å²) in [4.78, 5) is 23.0. The minimum absolute atomic E-state index is 0. The molecule has 0 radical (unpaired) electrons. The summed E-state index contributed by atoms with van der Waals surface area (Å²) in [5.41, 5.74) is 7.53. The normalized spacial score (nSPS) is 10.9. The average molecular weight is 395 g/mol. The van der Waals surface area contributed by atoms with Gasteiger partial charge in [-0.15, -0.1) is 12.4 Å². The molecule has 0 unspecified atom stereocenters. The number of esters is 1. The Morgan fingerprint density at radius 2 is 1.78 bits per heavy atom. The van der Waals surface area contributed by atoms with Gasteiger partial charge in [-0.1, -0.05) is 36.4 Å². The van der Waals surface area contributed by atoms with Crippen LogP contribution in [0.1, 0.15) is 11.1 Å². The molecule has 0 aliphatic heterocycles. The number of hydrogen-bond acceptors (Lipinski definition) is 6. The molecule has 0 bridgehead atoms. The molecule has 1 amide bonds. The SMILES string of the molecule is CNC(=O)Oc1ccc(C[C@H](N)C(=O)OC)cc1OCc1ccccc1.Cl. The summed E-state index contributed by atoms with van der Waals surface area (Å²) >= 11 is 0. The van der Waals surface area contributed by atoms with Gasteiger partial charge in [0.2, 0.25) is 0 Å². The molecule has 0 aliphatic rings. The molecule has 0 spiro atoms. The van der Waals surface area contributed by atoms with Gasteiger partial charge in [0.15, 0.2) is 11.5 Å². The zero-order chi connectivity index (χ0) is 18.9. The van der Waals surface area contributed by atoms with Crippen molar-refractivity contribution in [2.75, 3.05) is 14.2 Å². The number of hydrogen-bond donors (Lipinski definition) is 2. The summed E-state index contributed by atoms with van der Waals surface area (Å²) in [5, 5.41) is 2.39. The second-order valence-electron chi connectivity index (χ2n) is 5.53. The van der Waals surface area contributed by atoms with Crippen LogP contribution in [0.2, 0.25) is 0 Å². The van der Waals surface area contributed by atoms with E-state index in [0.717, 1.165) is 11.1 Å². The molecule has 2 aromatic carbocycles. The fourth-order valence-corrected chi connectivity index (χ4v) is 2.25. The Labute approximate surface area is 164 Å². The smallest absolute Gasteiger partial charge is 0.412 e. The van der Waals surface area contributed by atoms with E-state index in [0.29, 0.717) is 12.4 Å². The maximum atomic E-state index is 11.5. The number of nitrogens with one attached hydrogen (secondary N) is 1. The first-order valence-electron chi connectivity index (χ1n) is 8.06. The van der Waals surface area contributed by atoms with Gasteiger partial charge < -0.3 is 25.3 Å². The molecule has 0 heterocycles. The van der Waals surface area contributed by atoms with Crippen LogP contribution in [0.5, 0.6) is 11.5 Å². The number of ether oxygens (including phenoxy) is 3. The van der Waals surface area contributed by atoms with Crippen molar-refractivity contribution in [3.8, 4) is 11.5 Å². The van der Waals surface area contributed by atoms with E-state index in [1.807, 2.05) is 30.3 Å². The van der Waals surface area contributed by atoms with Crippen LogP contribution < -0.4 is 20.5 Å². The number of rotatable bonds is 7. The zero-order valence-corrected chi connectivity index (χ0v) is 16.0. The molecular weight excluding hydrogens is 372 g/mol. The van der Waals surface area contributed by atoms with E-state index in [-0.39, 0.29) is 24.6 Å². The Kier molecular flexibility index (Phi) is 9.12. The topological polar surface area (TPSA) is 99.9 Å². The molecular formula is C19H23ClN2O5. The van der Waals surface area contributed by atoms with Crippen molar-refractivity contribution < 1.29 is 23.8 Å². The third kappa shape index (κ3) is 6.80. The molecule has 0 fully saturated rings. The number of halogens is 1. The van der Waals surface area contributed by atoms with Gasteiger partial charge in [-0.25, -0.2) is 4.79 Å². The van der Waals surface area contributed by atoms with Crippen LogP contribution >= 0.6 is 12.4 Å². The van der Waals surface area contributed by atoms with Gasteiger partial charge in [-0.05, 0) is 29.7 Å². The highest BCUT2D eigenvalue weighted by Crippen LogP contribution is 2.30. The molecule has 2 rings (SSSR count). The predicted octanol–water partition coefficient (Wildman–Crippen LogP) is 2.45. The van der Waals surface area contributed by atoms with Crippen molar-refractivity contribution in [3.63, 3.8) is 0 Å². The van der Waals surface area contributed by atoms with Gasteiger partial charge in [0, 0.05) is 7.05 Å². The second-order valence-corrected chi connectivity index (χ2v) is 5.53. The number of benzene rings is 2. The quantitative estimate of drug-likeness (QED) is 0.700. The molecule has 27 heavy (non-hydrogen) atoms. The highest BCUT2D eigenvalue weighted by molar-refractivity contribution is 5.85. The summed E-state index contributed by atoms with van der Waals surface area (Å²) in [6.07, 6.45) is -0.331. The van der Waals surface area contributed by atoms with Crippen molar-refractivity contribution in [1.82, 2.24) is 5.32 Å². The molecule has 7 nitrogen and oxygen atoms in total. The number of carbonyl (C=O) groups excluding carboxylic acids is 2. The van der Waals surface area contributed by atoms with Crippen LogP contribution in [0.15, 0.2) is 48.5 Å². The zero-order valence-electron chi connectivity index (χ0n) is 15.1. The van der Waals surface area contributed by atoms with E-state index >= 15 is 0 Å². The lowest BCUT2D eigenvalue weighted by Crippen LogP contribution is -2.33. The molecule has 8 heteroatoms. The van der Waals surface area contributed by atoms with Crippen LogP contribution in [0.3, 0.4) is 0 Å². The number of methoxy groups -OCH3 is 1. The Morgan fingerprint density at radius 3 is 2.41 bits per heavy atom. The van der Waals surface area contributed by atoms with Crippen molar-refractivity contribution in [3.05, 3.63) is 59.7 Å². The van der Waals surface area contributed by atoms with Gasteiger partial charge in [-0.2, -0.15) is 0 Å². The predicted molar refractivity (Wildman–Crippen MR) is 103 cm³/mol. The minimum Gasteiger partial charge on any atom is -0.485 e. The fraction of sp³-hybridized carbons (Fsp3) is 0.263. The van der Waals surface area contributed by atoms with E-state index in [1.165, 1.54) is 14.2 Å². The maximum absolute atomic E-state index is 11.5. The van der Waals surface area contributed by atoms with Gasteiger partial charge in [0.05, 0.1) is 7.11 Å². The largest absolute Gasteiger partial charge is 0.485 e. The van der Waals surface area contributed by atoms with Gasteiger partial charge in [0.25, 0.3) is 0 Å². The summed E-state index contributed by atoms with van der Waals surface area (Å²) in [5.74, 6) is 0.158. The van der Waals surface area contributed by atoms with E-state index < -0.39 is 18.1 Å². The monoisotopic (exact) mass is 394 g/mol. The van der Waals surface area contributed by atoms with Crippen LogP contribution in [-0.2, 0) is 22.6 Å². The maximum Gasteiger partial charge on any atom is 0.412 e. The van der Waals surface area contributed by atoms with Gasteiger partial charge in [0.1, 0.15) is 12.6 Å². The number of carbonyl (C=O) groups is 2. The first-order valence-corrected chi connectivity index (χ1v) is 8.06. The van der Waals surface area contributed by atoms with Crippen LogP contribution in [-0.4, -0.2) is 32.3 Å². The third-order valence-corrected chi connectivity index (χ3v) is 3.61.